The number of alkyl carbamates (subject to hydrolysis) is 1. The number of carbonyl (C=O) groups excluding carboxylic acids is 1. The van der Waals surface area contributed by atoms with Gasteiger partial charge in [0.05, 0.1) is 12.7 Å². The number of hydrogen-bond donors (Lipinski definition) is 4. The third-order valence-corrected chi connectivity index (χ3v) is 3.99. The lowest BCUT2D eigenvalue weighted by molar-refractivity contribution is 0.0527. The molecule has 0 bridgehead atoms. The van der Waals surface area contributed by atoms with E-state index < -0.39 is 11.7 Å². The third kappa shape index (κ3) is 12.4. The minimum Gasteiger partial charge on any atom is -0.444 e. The standard InChI is InChI=1S/C21H36N2O4/c1-21(2,3)27-20(26)23-14-5-4-7-17-9-11-18(12-10-17)8-6-13-22-15-19(25)16-24/h9-12,19,22,24-25H,4-8,13-16H2,1-3H3,(H,23,26)/t19-/m1/s1. The van der Waals surface area contributed by atoms with E-state index in [-0.39, 0.29) is 12.7 Å². The zero-order valence-corrected chi connectivity index (χ0v) is 17.0. The number of carbonyl (C=O) groups is 1. The summed E-state index contributed by atoms with van der Waals surface area (Å²) in [6.45, 7) is 7.25. The second-order valence-corrected chi connectivity index (χ2v) is 7.85. The van der Waals surface area contributed by atoms with Crippen molar-refractivity contribution < 1.29 is 19.7 Å². The summed E-state index contributed by atoms with van der Waals surface area (Å²) in [6.07, 6.45) is 3.89. The van der Waals surface area contributed by atoms with E-state index >= 15 is 0 Å². The highest BCUT2D eigenvalue weighted by Crippen LogP contribution is 2.10. The first-order valence-corrected chi connectivity index (χ1v) is 9.84. The van der Waals surface area contributed by atoms with Crippen LogP contribution in [-0.2, 0) is 17.6 Å². The van der Waals surface area contributed by atoms with Crippen molar-refractivity contribution in [3.63, 3.8) is 0 Å². The Morgan fingerprint density at radius 2 is 1.63 bits per heavy atom. The molecule has 6 heteroatoms. The Labute approximate surface area is 163 Å². The van der Waals surface area contributed by atoms with Gasteiger partial charge in [0.1, 0.15) is 5.60 Å². The van der Waals surface area contributed by atoms with Crippen LogP contribution in [0.15, 0.2) is 24.3 Å². The van der Waals surface area contributed by atoms with E-state index in [4.69, 9.17) is 9.84 Å². The lowest BCUT2D eigenvalue weighted by Crippen LogP contribution is -2.33. The van der Waals surface area contributed by atoms with Crippen molar-refractivity contribution in [3.05, 3.63) is 35.4 Å². The molecule has 0 aliphatic heterocycles. The number of nitrogens with one attached hydrogen (secondary N) is 2. The summed E-state index contributed by atoms with van der Waals surface area (Å²) in [5.41, 5.74) is 2.15. The molecule has 6 nitrogen and oxygen atoms in total. The van der Waals surface area contributed by atoms with Crippen LogP contribution in [0.5, 0.6) is 0 Å². The molecule has 0 fully saturated rings. The van der Waals surface area contributed by atoms with Crippen LogP contribution in [0.1, 0.15) is 51.2 Å². The molecule has 0 radical (unpaired) electrons. The molecule has 0 unspecified atom stereocenters. The number of aliphatic hydroxyl groups excluding tert-OH is 2. The van der Waals surface area contributed by atoms with Crippen LogP contribution in [0.25, 0.3) is 0 Å². The maximum Gasteiger partial charge on any atom is 0.407 e. The molecule has 154 valence electrons. The van der Waals surface area contributed by atoms with Gasteiger partial charge < -0.3 is 25.6 Å². The summed E-state index contributed by atoms with van der Waals surface area (Å²) >= 11 is 0. The van der Waals surface area contributed by atoms with E-state index in [0.717, 1.165) is 38.6 Å². The summed E-state index contributed by atoms with van der Waals surface area (Å²) in [7, 11) is 0. The number of hydrogen-bond acceptors (Lipinski definition) is 5. The number of amides is 1. The van der Waals surface area contributed by atoms with Crippen molar-refractivity contribution in [1.29, 1.82) is 0 Å². The van der Waals surface area contributed by atoms with Gasteiger partial charge in [-0.3, -0.25) is 0 Å². The smallest absolute Gasteiger partial charge is 0.407 e. The second-order valence-electron chi connectivity index (χ2n) is 7.85. The molecule has 1 amide bonds. The first-order valence-electron chi connectivity index (χ1n) is 9.84. The van der Waals surface area contributed by atoms with E-state index in [1.165, 1.54) is 11.1 Å². The van der Waals surface area contributed by atoms with Crippen LogP contribution >= 0.6 is 0 Å². The molecule has 0 saturated heterocycles. The molecule has 4 N–H and O–H groups in total. The van der Waals surface area contributed by atoms with Gasteiger partial charge >= 0.3 is 6.09 Å². The number of unbranched alkanes of at least 4 members (excludes halogenated alkanes) is 1. The molecule has 27 heavy (non-hydrogen) atoms. The van der Waals surface area contributed by atoms with Crippen molar-refractivity contribution in [2.75, 3.05) is 26.2 Å². The molecule has 1 aromatic rings. The highest BCUT2D eigenvalue weighted by molar-refractivity contribution is 5.67. The number of rotatable bonds is 12. The molecule has 0 aromatic heterocycles. The van der Waals surface area contributed by atoms with Gasteiger partial charge in [0, 0.05) is 13.1 Å². The quantitative estimate of drug-likeness (QED) is 0.418. The highest BCUT2D eigenvalue weighted by atomic mass is 16.6. The highest BCUT2D eigenvalue weighted by Gasteiger charge is 2.15. The van der Waals surface area contributed by atoms with Crippen molar-refractivity contribution in [1.82, 2.24) is 10.6 Å². The van der Waals surface area contributed by atoms with Crippen LogP contribution in [0, 0.1) is 0 Å². The van der Waals surface area contributed by atoms with Crippen LogP contribution in [0.4, 0.5) is 4.79 Å². The van der Waals surface area contributed by atoms with E-state index in [1.807, 2.05) is 20.8 Å². The largest absolute Gasteiger partial charge is 0.444 e. The van der Waals surface area contributed by atoms with Crippen molar-refractivity contribution >= 4 is 6.09 Å². The van der Waals surface area contributed by atoms with Gasteiger partial charge in [-0.2, -0.15) is 0 Å². The first kappa shape index (κ1) is 23.4. The van der Waals surface area contributed by atoms with Gasteiger partial charge in [-0.25, -0.2) is 4.79 Å². The van der Waals surface area contributed by atoms with Gasteiger partial charge in [0.2, 0.25) is 0 Å². The molecule has 0 saturated carbocycles. The molecule has 1 aromatic carbocycles. The zero-order chi connectivity index (χ0) is 20.1. The minimum absolute atomic E-state index is 0.203. The van der Waals surface area contributed by atoms with E-state index in [2.05, 4.69) is 34.9 Å². The molecule has 0 aliphatic rings. The van der Waals surface area contributed by atoms with Crippen molar-refractivity contribution in [2.24, 2.45) is 0 Å². The average Bonchev–Trinajstić information content (AvgIpc) is 2.60. The molecular formula is C21H36N2O4. The molecule has 1 atom stereocenters. The molecule has 1 rings (SSSR count). The Hall–Kier alpha value is -1.63. The fraction of sp³-hybridized carbons (Fsp3) is 0.667. The van der Waals surface area contributed by atoms with Gasteiger partial charge in [0.15, 0.2) is 0 Å². The number of aryl methyl sites for hydroxylation is 2. The number of benzene rings is 1. The Bertz CT molecular complexity index is 526. The lowest BCUT2D eigenvalue weighted by Gasteiger charge is -2.19. The predicted molar refractivity (Wildman–Crippen MR) is 108 cm³/mol. The zero-order valence-electron chi connectivity index (χ0n) is 17.0. The third-order valence-electron chi connectivity index (χ3n) is 3.99. The van der Waals surface area contributed by atoms with E-state index in [0.29, 0.717) is 13.1 Å². The predicted octanol–water partition coefficient (Wildman–Crippen LogP) is 2.41. The van der Waals surface area contributed by atoms with Crippen molar-refractivity contribution in [2.45, 2.75) is 64.6 Å². The minimum atomic E-state index is -0.677. The summed E-state index contributed by atoms with van der Waals surface area (Å²) in [5.74, 6) is 0. The van der Waals surface area contributed by atoms with Crippen LogP contribution in [-0.4, -0.2) is 54.3 Å². The van der Waals surface area contributed by atoms with Crippen LogP contribution in [0.3, 0.4) is 0 Å². The summed E-state index contributed by atoms with van der Waals surface area (Å²) < 4.78 is 5.20. The average molecular weight is 381 g/mol. The number of ether oxygens (including phenoxy) is 1. The van der Waals surface area contributed by atoms with E-state index in [9.17, 15) is 9.90 Å². The fourth-order valence-electron chi connectivity index (χ4n) is 2.58. The summed E-state index contributed by atoms with van der Waals surface area (Å²) in [5, 5.41) is 23.9. The molecule has 0 heterocycles. The Kier molecular flexibility index (Phi) is 11.0. The topological polar surface area (TPSA) is 90.8 Å². The molecular weight excluding hydrogens is 344 g/mol. The van der Waals surface area contributed by atoms with Crippen LogP contribution in [0.2, 0.25) is 0 Å². The van der Waals surface area contributed by atoms with Gasteiger partial charge in [-0.15, -0.1) is 0 Å². The summed E-state index contributed by atoms with van der Waals surface area (Å²) in [4.78, 5) is 11.5. The monoisotopic (exact) mass is 380 g/mol. The maximum atomic E-state index is 11.5. The van der Waals surface area contributed by atoms with E-state index in [1.54, 1.807) is 0 Å². The maximum absolute atomic E-state index is 11.5. The number of aliphatic hydroxyl groups is 2. The van der Waals surface area contributed by atoms with Crippen LogP contribution < -0.4 is 10.6 Å². The van der Waals surface area contributed by atoms with Gasteiger partial charge in [0.25, 0.3) is 0 Å². The van der Waals surface area contributed by atoms with Gasteiger partial charge in [-0.05, 0) is 70.5 Å². The Balaban J connectivity index is 2.11. The lowest BCUT2D eigenvalue weighted by atomic mass is 10.0. The fourth-order valence-corrected chi connectivity index (χ4v) is 2.58. The normalized spacial score (nSPS) is 12.6. The van der Waals surface area contributed by atoms with Crippen molar-refractivity contribution in [3.8, 4) is 0 Å². The van der Waals surface area contributed by atoms with Gasteiger partial charge in [-0.1, -0.05) is 24.3 Å². The first-order chi connectivity index (χ1) is 12.8. The Morgan fingerprint density at radius 1 is 1.04 bits per heavy atom. The SMILES string of the molecule is CC(C)(C)OC(=O)NCCCCc1ccc(CCCNC[C@@H](O)CO)cc1. The summed E-state index contributed by atoms with van der Waals surface area (Å²) in [6, 6.07) is 8.66. The Morgan fingerprint density at radius 3 is 2.19 bits per heavy atom. The molecule has 0 spiro atoms. The second kappa shape index (κ2) is 12.7. The molecule has 0 aliphatic carbocycles.